The van der Waals surface area contributed by atoms with Gasteiger partial charge < -0.3 is 19.9 Å². The fraction of sp³-hybridized carbons (Fsp3) is 0.368. The zero-order chi connectivity index (χ0) is 19.3. The highest BCUT2D eigenvalue weighted by molar-refractivity contribution is 9.10. The van der Waals surface area contributed by atoms with Crippen LogP contribution in [0.2, 0.25) is 10.0 Å². The lowest BCUT2D eigenvalue weighted by Crippen LogP contribution is -2.42. The molecule has 7 heteroatoms. The Morgan fingerprint density at radius 2 is 1.81 bits per heavy atom. The molecule has 2 N–H and O–H groups in total. The Bertz CT molecular complexity index is 748. The van der Waals surface area contributed by atoms with Crippen molar-refractivity contribution in [2.45, 2.75) is 32.5 Å². The van der Waals surface area contributed by atoms with Crippen LogP contribution in [0.15, 0.2) is 34.8 Å². The third-order valence-electron chi connectivity index (χ3n) is 3.92. The Morgan fingerprint density at radius 3 is 2.38 bits per heavy atom. The molecule has 0 atom stereocenters. The fourth-order valence-corrected chi connectivity index (χ4v) is 3.16. The van der Waals surface area contributed by atoms with Crippen LogP contribution >= 0.6 is 39.1 Å². The minimum absolute atomic E-state index is 0.0432. The van der Waals surface area contributed by atoms with E-state index in [-0.39, 0.29) is 18.8 Å². The molecule has 0 bridgehead atoms. The van der Waals surface area contributed by atoms with Crippen LogP contribution in [-0.2, 0) is 13.2 Å². The monoisotopic (exact) mass is 461 g/mol. The van der Waals surface area contributed by atoms with Crippen molar-refractivity contribution in [2.75, 3.05) is 13.7 Å². The van der Waals surface area contributed by atoms with Gasteiger partial charge in [-0.05, 0) is 43.7 Å². The van der Waals surface area contributed by atoms with Gasteiger partial charge in [0, 0.05) is 32.2 Å². The molecular weight excluding hydrogens is 441 g/mol. The maximum absolute atomic E-state index is 9.37. The van der Waals surface area contributed by atoms with E-state index in [0.29, 0.717) is 28.1 Å². The van der Waals surface area contributed by atoms with Crippen LogP contribution in [0.3, 0.4) is 0 Å². The van der Waals surface area contributed by atoms with Crippen LogP contribution in [-0.4, -0.2) is 24.4 Å². The van der Waals surface area contributed by atoms with Gasteiger partial charge in [0.05, 0.1) is 13.7 Å². The summed E-state index contributed by atoms with van der Waals surface area (Å²) in [5, 5.41) is 13.8. The molecule has 0 aliphatic rings. The van der Waals surface area contributed by atoms with Gasteiger partial charge in [-0.2, -0.15) is 0 Å². The molecule has 2 aromatic rings. The second kappa shape index (κ2) is 9.29. The van der Waals surface area contributed by atoms with Crippen LogP contribution in [0.1, 0.15) is 25.0 Å². The second-order valence-corrected chi connectivity index (χ2v) is 8.15. The SMILES string of the molecule is COc1cc(CNC(C)(C)CO)c(Br)cc1OCc1c(Cl)cccc1Cl. The summed E-state index contributed by atoms with van der Waals surface area (Å²) in [6, 6.07) is 9.09. The number of aliphatic hydroxyl groups is 1. The molecule has 0 aromatic heterocycles. The zero-order valence-electron chi connectivity index (χ0n) is 14.9. The summed E-state index contributed by atoms with van der Waals surface area (Å²) in [6.07, 6.45) is 0. The summed E-state index contributed by atoms with van der Waals surface area (Å²) >= 11 is 15.9. The molecule has 0 aliphatic carbocycles. The van der Waals surface area contributed by atoms with Crippen LogP contribution < -0.4 is 14.8 Å². The summed E-state index contributed by atoms with van der Waals surface area (Å²) in [6.45, 7) is 4.71. The highest BCUT2D eigenvalue weighted by Gasteiger charge is 2.17. The van der Waals surface area contributed by atoms with Gasteiger partial charge >= 0.3 is 0 Å². The first kappa shape index (κ1) is 21.3. The molecular formula is C19H22BrCl2NO3. The number of aliphatic hydroxyl groups excluding tert-OH is 1. The number of rotatable bonds is 8. The summed E-state index contributed by atoms with van der Waals surface area (Å²) < 4.78 is 12.2. The first-order chi connectivity index (χ1) is 12.3. The Kier molecular flexibility index (Phi) is 7.62. The van der Waals surface area contributed by atoms with E-state index in [1.54, 1.807) is 25.3 Å². The largest absolute Gasteiger partial charge is 0.493 e. The summed E-state index contributed by atoms with van der Waals surface area (Å²) in [7, 11) is 1.59. The molecule has 0 heterocycles. The van der Waals surface area contributed by atoms with E-state index < -0.39 is 0 Å². The highest BCUT2D eigenvalue weighted by Crippen LogP contribution is 2.35. The first-order valence-electron chi connectivity index (χ1n) is 8.05. The Balaban J connectivity index is 2.18. The molecule has 0 fully saturated rings. The summed E-state index contributed by atoms with van der Waals surface area (Å²) in [4.78, 5) is 0. The van der Waals surface area contributed by atoms with Gasteiger partial charge in [0.25, 0.3) is 0 Å². The van der Waals surface area contributed by atoms with Gasteiger partial charge in [0.2, 0.25) is 0 Å². The smallest absolute Gasteiger partial charge is 0.162 e. The average Bonchev–Trinajstić information content (AvgIpc) is 2.60. The number of ether oxygens (including phenoxy) is 2. The lowest BCUT2D eigenvalue weighted by Gasteiger charge is -2.24. The number of methoxy groups -OCH3 is 1. The molecule has 0 radical (unpaired) electrons. The van der Waals surface area contributed by atoms with E-state index in [2.05, 4.69) is 21.2 Å². The number of benzene rings is 2. The minimum atomic E-state index is -0.372. The molecule has 0 saturated carbocycles. The highest BCUT2D eigenvalue weighted by atomic mass is 79.9. The van der Waals surface area contributed by atoms with Gasteiger partial charge in [-0.15, -0.1) is 0 Å². The molecule has 0 unspecified atom stereocenters. The van der Waals surface area contributed by atoms with Crippen molar-refractivity contribution in [3.05, 3.63) is 56.0 Å². The molecule has 2 aromatic carbocycles. The van der Waals surface area contributed by atoms with Gasteiger partial charge in [-0.25, -0.2) is 0 Å². The van der Waals surface area contributed by atoms with Gasteiger partial charge in [0.1, 0.15) is 6.61 Å². The van der Waals surface area contributed by atoms with Gasteiger partial charge in [0.15, 0.2) is 11.5 Å². The van der Waals surface area contributed by atoms with Crippen molar-refractivity contribution in [2.24, 2.45) is 0 Å². The van der Waals surface area contributed by atoms with Crippen molar-refractivity contribution in [3.63, 3.8) is 0 Å². The van der Waals surface area contributed by atoms with Gasteiger partial charge in [-0.3, -0.25) is 0 Å². The number of halogens is 3. The third kappa shape index (κ3) is 5.51. The number of hydrogen-bond donors (Lipinski definition) is 2. The maximum Gasteiger partial charge on any atom is 0.162 e. The van der Waals surface area contributed by atoms with Crippen LogP contribution in [0.25, 0.3) is 0 Å². The van der Waals surface area contributed by atoms with Crippen molar-refractivity contribution < 1.29 is 14.6 Å². The quantitative estimate of drug-likeness (QED) is 0.565. The number of nitrogens with one attached hydrogen (secondary N) is 1. The lowest BCUT2D eigenvalue weighted by molar-refractivity contribution is 0.187. The van der Waals surface area contributed by atoms with Crippen molar-refractivity contribution in [1.29, 1.82) is 0 Å². The minimum Gasteiger partial charge on any atom is -0.493 e. The fourth-order valence-electron chi connectivity index (χ4n) is 2.20. The molecule has 0 amide bonds. The summed E-state index contributed by atoms with van der Waals surface area (Å²) in [5.74, 6) is 1.19. The van der Waals surface area contributed by atoms with Crippen LogP contribution in [0.4, 0.5) is 0 Å². The normalized spacial score (nSPS) is 11.5. The van der Waals surface area contributed by atoms with E-state index in [0.717, 1.165) is 15.6 Å². The molecule has 26 heavy (non-hydrogen) atoms. The van der Waals surface area contributed by atoms with Crippen molar-refractivity contribution in [1.82, 2.24) is 5.32 Å². The second-order valence-electron chi connectivity index (χ2n) is 6.48. The number of hydrogen-bond acceptors (Lipinski definition) is 4. The third-order valence-corrected chi connectivity index (χ3v) is 5.37. The van der Waals surface area contributed by atoms with Crippen molar-refractivity contribution >= 4 is 39.1 Å². The average molecular weight is 463 g/mol. The van der Waals surface area contributed by atoms with E-state index >= 15 is 0 Å². The van der Waals surface area contributed by atoms with E-state index in [4.69, 9.17) is 32.7 Å². The molecule has 142 valence electrons. The standard InChI is InChI=1S/C19H22BrCl2NO3/c1-19(2,11-24)23-9-12-7-17(25-3)18(8-14(12)20)26-10-13-15(21)5-4-6-16(13)22/h4-8,23-24H,9-11H2,1-3H3. The molecule has 0 saturated heterocycles. The molecule has 4 nitrogen and oxygen atoms in total. The Morgan fingerprint density at radius 1 is 1.15 bits per heavy atom. The molecule has 2 rings (SSSR count). The first-order valence-corrected chi connectivity index (χ1v) is 9.60. The summed E-state index contributed by atoms with van der Waals surface area (Å²) in [5.41, 5.74) is 1.35. The predicted octanol–water partition coefficient (Wildman–Crippen LogP) is 5.20. The Labute approximate surface area is 172 Å². The van der Waals surface area contributed by atoms with E-state index in [1.807, 2.05) is 26.0 Å². The molecule has 0 aliphatic heterocycles. The molecule has 0 spiro atoms. The predicted molar refractivity (Wildman–Crippen MR) is 109 cm³/mol. The zero-order valence-corrected chi connectivity index (χ0v) is 18.0. The van der Waals surface area contributed by atoms with Crippen LogP contribution in [0.5, 0.6) is 11.5 Å². The van der Waals surface area contributed by atoms with Gasteiger partial charge in [-0.1, -0.05) is 45.2 Å². The van der Waals surface area contributed by atoms with Crippen molar-refractivity contribution in [3.8, 4) is 11.5 Å². The van der Waals surface area contributed by atoms with E-state index in [1.165, 1.54) is 0 Å². The van der Waals surface area contributed by atoms with Crippen LogP contribution in [0, 0.1) is 0 Å². The topological polar surface area (TPSA) is 50.7 Å². The Hall–Kier alpha value is -0.980. The maximum atomic E-state index is 9.37. The lowest BCUT2D eigenvalue weighted by atomic mass is 10.1. The van der Waals surface area contributed by atoms with E-state index in [9.17, 15) is 5.11 Å².